The minimum atomic E-state index is -2.35. The number of aryl methyl sites for hydroxylation is 1. The summed E-state index contributed by atoms with van der Waals surface area (Å²) < 4.78 is 26.7. The zero-order valence-corrected chi connectivity index (χ0v) is 15.6. The molecule has 3 rings (SSSR count). The lowest BCUT2D eigenvalue weighted by Gasteiger charge is -2.35. The predicted octanol–water partition coefficient (Wildman–Crippen LogP) is 1.49. The molecule has 0 aliphatic carbocycles. The highest BCUT2D eigenvalue weighted by atomic mass is 19.3. The Kier molecular flexibility index (Phi) is 6.41. The fourth-order valence-electron chi connectivity index (χ4n) is 3.90. The van der Waals surface area contributed by atoms with Crippen LogP contribution >= 0.6 is 0 Å². The van der Waals surface area contributed by atoms with Gasteiger partial charge in [0, 0.05) is 25.1 Å². The third kappa shape index (κ3) is 4.63. The number of nitrogens with zero attached hydrogens (tertiary/aromatic N) is 4. The fraction of sp³-hybridized carbons (Fsp3) is 0.722. The molecule has 0 bridgehead atoms. The molecule has 1 atom stereocenters. The summed E-state index contributed by atoms with van der Waals surface area (Å²) in [5, 5.41) is 7.11. The van der Waals surface area contributed by atoms with Crippen LogP contribution in [-0.4, -0.2) is 65.1 Å². The standard InChI is InChI=1S/C18H27F2N5O2/c1-2-25-16(5-8-21-25)24-9-3-4-14(18(24)27)22-17(26)13-6-10-23(11-7-13)12-15(19)20/h5,8,13-15H,2-4,6-7,9-12H2,1H3,(H,22,26). The van der Waals surface area contributed by atoms with Crippen molar-refractivity contribution in [1.29, 1.82) is 0 Å². The van der Waals surface area contributed by atoms with Gasteiger partial charge in [-0.15, -0.1) is 0 Å². The van der Waals surface area contributed by atoms with Crippen LogP contribution in [0.25, 0.3) is 0 Å². The van der Waals surface area contributed by atoms with Gasteiger partial charge in [-0.2, -0.15) is 5.10 Å². The summed E-state index contributed by atoms with van der Waals surface area (Å²) in [7, 11) is 0. The van der Waals surface area contributed by atoms with Gasteiger partial charge in [0.1, 0.15) is 11.9 Å². The first-order valence-electron chi connectivity index (χ1n) is 9.63. The molecule has 1 unspecified atom stereocenters. The van der Waals surface area contributed by atoms with Gasteiger partial charge in [0.2, 0.25) is 5.91 Å². The molecule has 3 heterocycles. The number of alkyl halides is 2. The minimum absolute atomic E-state index is 0.111. The van der Waals surface area contributed by atoms with Crippen molar-refractivity contribution in [2.45, 2.75) is 51.6 Å². The minimum Gasteiger partial charge on any atom is -0.344 e. The second-order valence-corrected chi connectivity index (χ2v) is 7.16. The molecule has 1 N–H and O–H groups in total. The van der Waals surface area contributed by atoms with Crippen molar-refractivity contribution in [3.63, 3.8) is 0 Å². The van der Waals surface area contributed by atoms with Crippen molar-refractivity contribution in [1.82, 2.24) is 20.0 Å². The van der Waals surface area contributed by atoms with Crippen LogP contribution in [0, 0.1) is 5.92 Å². The summed E-state index contributed by atoms with van der Waals surface area (Å²) >= 11 is 0. The number of amides is 2. The largest absolute Gasteiger partial charge is 0.344 e. The lowest BCUT2D eigenvalue weighted by atomic mass is 9.94. The summed E-state index contributed by atoms with van der Waals surface area (Å²) in [6.45, 7) is 3.98. The van der Waals surface area contributed by atoms with Gasteiger partial charge in [-0.1, -0.05) is 0 Å². The molecular formula is C18H27F2N5O2. The first kappa shape index (κ1) is 19.7. The fourth-order valence-corrected chi connectivity index (χ4v) is 3.90. The van der Waals surface area contributed by atoms with Gasteiger partial charge >= 0.3 is 0 Å². The van der Waals surface area contributed by atoms with Crippen LogP contribution in [0.5, 0.6) is 0 Å². The van der Waals surface area contributed by atoms with Crippen LogP contribution in [0.15, 0.2) is 12.3 Å². The van der Waals surface area contributed by atoms with Crippen LogP contribution in [0.3, 0.4) is 0 Å². The molecule has 2 fully saturated rings. The first-order chi connectivity index (χ1) is 13.0. The number of anilines is 1. The summed E-state index contributed by atoms with van der Waals surface area (Å²) in [5.74, 6) is 0.279. The van der Waals surface area contributed by atoms with E-state index in [1.54, 1.807) is 20.7 Å². The van der Waals surface area contributed by atoms with Gasteiger partial charge < -0.3 is 5.32 Å². The number of rotatable bonds is 6. The number of hydrogen-bond donors (Lipinski definition) is 1. The van der Waals surface area contributed by atoms with E-state index in [4.69, 9.17) is 0 Å². The first-order valence-corrected chi connectivity index (χ1v) is 9.63. The molecule has 150 valence electrons. The maximum atomic E-state index is 12.9. The van der Waals surface area contributed by atoms with E-state index >= 15 is 0 Å². The lowest BCUT2D eigenvalue weighted by Crippen LogP contribution is -2.54. The third-order valence-corrected chi connectivity index (χ3v) is 5.38. The Hall–Kier alpha value is -2.03. The van der Waals surface area contributed by atoms with E-state index in [0.29, 0.717) is 45.4 Å². The molecule has 0 saturated carbocycles. The van der Waals surface area contributed by atoms with E-state index in [-0.39, 0.29) is 24.3 Å². The van der Waals surface area contributed by atoms with Crippen LogP contribution in [0.1, 0.15) is 32.6 Å². The molecule has 2 aliphatic rings. The van der Waals surface area contributed by atoms with Crippen LogP contribution in [-0.2, 0) is 16.1 Å². The Morgan fingerprint density at radius 2 is 2.04 bits per heavy atom. The Morgan fingerprint density at radius 1 is 1.30 bits per heavy atom. The predicted molar refractivity (Wildman–Crippen MR) is 96.6 cm³/mol. The number of carbonyl (C=O) groups is 2. The topological polar surface area (TPSA) is 70.5 Å². The summed E-state index contributed by atoms with van der Waals surface area (Å²) in [6, 6.07) is 1.27. The Labute approximate surface area is 157 Å². The van der Waals surface area contributed by atoms with Gasteiger partial charge in [-0.3, -0.25) is 19.4 Å². The summed E-state index contributed by atoms with van der Waals surface area (Å²) in [4.78, 5) is 28.8. The van der Waals surface area contributed by atoms with Crippen LogP contribution in [0.2, 0.25) is 0 Å². The third-order valence-electron chi connectivity index (χ3n) is 5.38. The zero-order valence-electron chi connectivity index (χ0n) is 15.6. The van der Waals surface area contributed by atoms with Crippen LogP contribution < -0.4 is 10.2 Å². The maximum absolute atomic E-state index is 12.9. The van der Waals surface area contributed by atoms with Gasteiger partial charge in [-0.05, 0) is 45.7 Å². The van der Waals surface area contributed by atoms with E-state index in [1.807, 2.05) is 13.0 Å². The summed E-state index contributed by atoms with van der Waals surface area (Å²) in [5.41, 5.74) is 0. The number of piperidine rings is 2. The highest BCUT2D eigenvalue weighted by molar-refractivity contribution is 5.99. The van der Waals surface area contributed by atoms with Gasteiger partial charge in [0.25, 0.3) is 12.3 Å². The van der Waals surface area contributed by atoms with E-state index < -0.39 is 12.5 Å². The maximum Gasteiger partial charge on any atom is 0.251 e. The molecule has 0 radical (unpaired) electrons. The van der Waals surface area contributed by atoms with Crippen LogP contribution in [0.4, 0.5) is 14.6 Å². The highest BCUT2D eigenvalue weighted by Crippen LogP contribution is 2.23. The van der Waals surface area contributed by atoms with Crippen molar-refractivity contribution < 1.29 is 18.4 Å². The summed E-state index contributed by atoms with van der Waals surface area (Å²) in [6.07, 6.45) is 1.83. The molecule has 9 heteroatoms. The van der Waals surface area contributed by atoms with Crippen molar-refractivity contribution in [2.75, 3.05) is 31.1 Å². The molecule has 7 nitrogen and oxygen atoms in total. The van der Waals surface area contributed by atoms with E-state index in [0.717, 1.165) is 12.2 Å². The lowest BCUT2D eigenvalue weighted by molar-refractivity contribution is -0.131. The molecule has 27 heavy (non-hydrogen) atoms. The Balaban J connectivity index is 1.56. The molecule has 0 aromatic carbocycles. The molecule has 0 spiro atoms. The van der Waals surface area contributed by atoms with Gasteiger partial charge in [0.15, 0.2) is 0 Å². The second-order valence-electron chi connectivity index (χ2n) is 7.16. The number of carbonyl (C=O) groups excluding carboxylic acids is 2. The molecule has 2 amide bonds. The Morgan fingerprint density at radius 3 is 2.70 bits per heavy atom. The van der Waals surface area contributed by atoms with Crippen molar-refractivity contribution in [2.24, 2.45) is 5.92 Å². The normalized spacial score (nSPS) is 22.4. The monoisotopic (exact) mass is 383 g/mol. The van der Waals surface area contributed by atoms with E-state index in [1.165, 1.54) is 0 Å². The molecular weight excluding hydrogens is 356 g/mol. The average molecular weight is 383 g/mol. The Bertz CT molecular complexity index is 658. The second kappa shape index (κ2) is 8.77. The number of nitrogens with one attached hydrogen (secondary N) is 1. The number of halogens is 2. The quantitative estimate of drug-likeness (QED) is 0.808. The molecule has 1 aromatic heterocycles. The van der Waals surface area contributed by atoms with Crippen molar-refractivity contribution in [3.8, 4) is 0 Å². The van der Waals surface area contributed by atoms with Crippen molar-refractivity contribution >= 4 is 17.6 Å². The highest BCUT2D eigenvalue weighted by Gasteiger charge is 2.34. The molecule has 2 saturated heterocycles. The van der Waals surface area contributed by atoms with Gasteiger partial charge in [0.05, 0.1) is 12.7 Å². The average Bonchev–Trinajstić information content (AvgIpc) is 3.12. The van der Waals surface area contributed by atoms with E-state index in [9.17, 15) is 18.4 Å². The number of aromatic nitrogens is 2. The smallest absolute Gasteiger partial charge is 0.251 e. The van der Waals surface area contributed by atoms with Crippen molar-refractivity contribution in [3.05, 3.63) is 12.3 Å². The molecule has 2 aliphatic heterocycles. The zero-order chi connectivity index (χ0) is 19.4. The van der Waals surface area contributed by atoms with Gasteiger partial charge in [-0.25, -0.2) is 13.5 Å². The number of likely N-dealkylation sites (tertiary alicyclic amines) is 1. The molecule has 1 aromatic rings. The number of hydrogen-bond acceptors (Lipinski definition) is 4. The van der Waals surface area contributed by atoms with E-state index in [2.05, 4.69) is 10.4 Å². The SMILES string of the molecule is CCn1nccc1N1CCCC(NC(=O)C2CCN(CC(F)F)CC2)C1=O.